The van der Waals surface area contributed by atoms with Crippen LogP contribution < -0.4 is 0 Å². The van der Waals surface area contributed by atoms with Crippen LogP contribution >= 0.6 is 0 Å². The molecular formula is C17H27NO3. The number of carboxylic acids is 1. The van der Waals surface area contributed by atoms with E-state index in [0.717, 1.165) is 38.5 Å². The molecule has 2 saturated carbocycles. The minimum atomic E-state index is -0.714. The molecule has 3 aliphatic rings. The Labute approximate surface area is 126 Å². The number of nitrogens with zero attached hydrogens (tertiary/aromatic N) is 1. The predicted molar refractivity (Wildman–Crippen MR) is 79.7 cm³/mol. The smallest absolute Gasteiger partial charge is 0.308 e. The van der Waals surface area contributed by atoms with Crippen LogP contribution in [0.25, 0.3) is 0 Å². The zero-order valence-corrected chi connectivity index (χ0v) is 13.2. The van der Waals surface area contributed by atoms with Crippen molar-refractivity contribution < 1.29 is 14.7 Å². The van der Waals surface area contributed by atoms with Crippen LogP contribution in [0.2, 0.25) is 0 Å². The molecule has 0 spiro atoms. The average molecular weight is 293 g/mol. The molecule has 1 aliphatic heterocycles. The number of hydrogen-bond donors (Lipinski definition) is 1. The van der Waals surface area contributed by atoms with Gasteiger partial charge >= 0.3 is 5.97 Å². The van der Waals surface area contributed by atoms with Crippen molar-refractivity contribution >= 4 is 11.9 Å². The molecule has 0 radical (unpaired) electrons. The van der Waals surface area contributed by atoms with Crippen molar-refractivity contribution in [3.8, 4) is 0 Å². The van der Waals surface area contributed by atoms with Gasteiger partial charge in [-0.3, -0.25) is 9.59 Å². The van der Waals surface area contributed by atoms with Crippen LogP contribution in [0.1, 0.15) is 52.4 Å². The Morgan fingerprint density at radius 1 is 1.24 bits per heavy atom. The maximum Gasteiger partial charge on any atom is 0.308 e. The first kappa shape index (κ1) is 14.9. The second-order valence-corrected chi connectivity index (χ2v) is 7.89. The highest BCUT2D eigenvalue weighted by atomic mass is 16.4. The SMILES string of the molecule is CC(C)CC1(C(=O)N2C[C@H](C(=O)O)[C@@H](C3CC3)C2)CCC1. The second-order valence-electron chi connectivity index (χ2n) is 7.89. The van der Waals surface area contributed by atoms with Gasteiger partial charge in [-0.1, -0.05) is 20.3 Å². The van der Waals surface area contributed by atoms with Crippen LogP contribution in [-0.4, -0.2) is 35.0 Å². The lowest BCUT2D eigenvalue weighted by Crippen LogP contribution is -2.48. The highest BCUT2D eigenvalue weighted by molar-refractivity contribution is 5.85. The first-order valence-electron chi connectivity index (χ1n) is 8.45. The van der Waals surface area contributed by atoms with Gasteiger partial charge in [0.2, 0.25) is 5.91 Å². The summed E-state index contributed by atoms with van der Waals surface area (Å²) in [5, 5.41) is 9.44. The van der Waals surface area contributed by atoms with Crippen molar-refractivity contribution in [1.29, 1.82) is 0 Å². The predicted octanol–water partition coefficient (Wildman–Crippen LogP) is 2.77. The molecule has 0 aromatic carbocycles. The monoisotopic (exact) mass is 293 g/mol. The number of rotatable bonds is 5. The number of carboxylic acid groups (broad SMARTS) is 1. The molecule has 3 fully saturated rings. The van der Waals surface area contributed by atoms with Crippen molar-refractivity contribution in [3.05, 3.63) is 0 Å². The fourth-order valence-electron chi connectivity index (χ4n) is 4.48. The number of amides is 1. The van der Waals surface area contributed by atoms with E-state index in [0.29, 0.717) is 24.9 Å². The minimum Gasteiger partial charge on any atom is -0.481 e. The summed E-state index contributed by atoms with van der Waals surface area (Å²) < 4.78 is 0. The largest absolute Gasteiger partial charge is 0.481 e. The lowest BCUT2D eigenvalue weighted by Gasteiger charge is -2.44. The van der Waals surface area contributed by atoms with E-state index < -0.39 is 5.97 Å². The van der Waals surface area contributed by atoms with Crippen molar-refractivity contribution in [2.45, 2.75) is 52.4 Å². The molecule has 0 aromatic rings. The molecule has 1 saturated heterocycles. The molecule has 2 aliphatic carbocycles. The van der Waals surface area contributed by atoms with E-state index in [-0.39, 0.29) is 23.2 Å². The third-order valence-electron chi connectivity index (χ3n) is 5.76. The first-order chi connectivity index (χ1) is 9.93. The van der Waals surface area contributed by atoms with E-state index in [1.807, 2.05) is 4.90 Å². The summed E-state index contributed by atoms with van der Waals surface area (Å²) in [7, 11) is 0. The van der Waals surface area contributed by atoms with Crippen molar-refractivity contribution in [3.63, 3.8) is 0 Å². The van der Waals surface area contributed by atoms with Crippen molar-refractivity contribution in [1.82, 2.24) is 4.90 Å². The highest BCUT2D eigenvalue weighted by Gasteiger charge is 2.52. The molecule has 21 heavy (non-hydrogen) atoms. The number of aliphatic carboxylic acids is 1. The fourth-order valence-corrected chi connectivity index (χ4v) is 4.48. The van der Waals surface area contributed by atoms with Gasteiger partial charge in [-0.25, -0.2) is 0 Å². The second kappa shape index (κ2) is 5.29. The first-order valence-corrected chi connectivity index (χ1v) is 8.45. The quantitative estimate of drug-likeness (QED) is 0.848. The number of likely N-dealkylation sites (tertiary alicyclic amines) is 1. The summed E-state index contributed by atoms with van der Waals surface area (Å²) >= 11 is 0. The molecule has 4 nitrogen and oxygen atoms in total. The van der Waals surface area contributed by atoms with Gasteiger partial charge in [-0.15, -0.1) is 0 Å². The van der Waals surface area contributed by atoms with E-state index in [9.17, 15) is 14.7 Å². The van der Waals surface area contributed by atoms with Crippen molar-refractivity contribution in [2.24, 2.45) is 29.1 Å². The molecule has 0 bridgehead atoms. The Morgan fingerprint density at radius 2 is 1.90 bits per heavy atom. The summed E-state index contributed by atoms with van der Waals surface area (Å²) in [4.78, 5) is 26.4. The van der Waals surface area contributed by atoms with Gasteiger partial charge in [-0.2, -0.15) is 0 Å². The van der Waals surface area contributed by atoms with Crippen LogP contribution in [-0.2, 0) is 9.59 Å². The van der Waals surface area contributed by atoms with E-state index >= 15 is 0 Å². The Bertz CT molecular complexity index is 437. The van der Waals surface area contributed by atoms with Crippen LogP contribution in [0.5, 0.6) is 0 Å². The zero-order valence-electron chi connectivity index (χ0n) is 13.2. The summed E-state index contributed by atoms with van der Waals surface area (Å²) in [6, 6.07) is 0. The van der Waals surface area contributed by atoms with Gasteiger partial charge in [-0.05, 0) is 49.9 Å². The lowest BCUT2D eigenvalue weighted by atomic mass is 9.63. The summed E-state index contributed by atoms with van der Waals surface area (Å²) in [5.41, 5.74) is -0.171. The molecule has 1 heterocycles. The van der Waals surface area contributed by atoms with Crippen LogP contribution in [0, 0.1) is 29.1 Å². The third-order valence-corrected chi connectivity index (χ3v) is 5.76. The average Bonchev–Trinajstić information content (AvgIpc) is 3.11. The number of hydrogen-bond acceptors (Lipinski definition) is 2. The Kier molecular flexibility index (Phi) is 3.74. The van der Waals surface area contributed by atoms with E-state index in [4.69, 9.17) is 0 Å². The number of carbonyl (C=O) groups is 2. The zero-order chi connectivity index (χ0) is 15.2. The summed E-state index contributed by atoms with van der Waals surface area (Å²) in [6.07, 6.45) is 6.37. The standard InChI is InChI=1S/C17H27NO3/c1-11(2)8-17(6-3-7-17)16(21)18-9-13(12-4-5-12)14(10-18)15(19)20/h11-14H,3-10H2,1-2H3,(H,19,20)/t13-,14+/m1/s1. The van der Waals surface area contributed by atoms with E-state index in [1.165, 1.54) is 0 Å². The van der Waals surface area contributed by atoms with Crippen LogP contribution in [0.15, 0.2) is 0 Å². The molecule has 4 heteroatoms. The van der Waals surface area contributed by atoms with Gasteiger partial charge in [0.25, 0.3) is 0 Å². The number of carbonyl (C=O) groups excluding carboxylic acids is 1. The molecule has 3 rings (SSSR count). The molecule has 0 unspecified atom stereocenters. The molecule has 1 amide bonds. The topological polar surface area (TPSA) is 57.6 Å². The third kappa shape index (κ3) is 2.69. The molecule has 0 aromatic heterocycles. The highest BCUT2D eigenvalue weighted by Crippen LogP contribution is 2.50. The van der Waals surface area contributed by atoms with Crippen LogP contribution in [0.4, 0.5) is 0 Å². The lowest BCUT2D eigenvalue weighted by molar-refractivity contribution is -0.148. The van der Waals surface area contributed by atoms with Gasteiger partial charge < -0.3 is 10.0 Å². The van der Waals surface area contributed by atoms with Gasteiger partial charge in [0.1, 0.15) is 0 Å². The van der Waals surface area contributed by atoms with Crippen molar-refractivity contribution in [2.75, 3.05) is 13.1 Å². The van der Waals surface area contributed by atoms with Crippen LogP contribution in [0.3, 0.4) is 0 Å². The Hall–Kier alpha value is -1.06. The maximum absolute atomic E-state index is 13.0. The molecule has 1 N–H and O–H groups in total. The molecule has 118 valence electrons. The van der Waals surface area contributed by atoms with E-state index in [1.54, 1.807) is 0 Å². The van der Waals surface area contributed by atoms with Gasteiger partial charge in [0.05, 0.1) is 5.92 Å². The summed E-state index contributed by atoms with van der Waals surface area (Å²) in [5.74, 6) is 0.462. The minimum absolute atomic E-state index is 0.171. The van der Waals surface area contributed by atoms with Gasteiger partial charge in [0, 0.05) is 18.5 Å². The normalized spacial score (nSPS) is 31.3. The van der Waals surface area contributed by atoms with E-state index in [2.05, 4.69) is 13.8 Å². The Balaban J connectivity index is 1.71. The maximum atomic E-state index is 13.0. The summed E-state index contributed by atoms with van der Waals surface area (Å²) in [6.45, 7) is 5.46. The molecular weight excluding hydrogens is 266 g/mol. The molecule has 2 atom stereocenters. The van der Waals surface area contributed by atoms with Gasteiger partial charge in [0.15, 0.2) is 0 Å². The Morgan fingerprint density at radius 3 is 2.33 bits per heavy atom. The fraction of sp³-hybridized carbons (Fsp3) is 0.882.